The maximum Gasteiger partial charge on any atom is 0.312 e. The van der Waals surface area contributed by atoms with Gasteiger partial charge in [-0.2, -0.15) is 0 Å². The Labute approximate surface area is 129 Å². The lowest BCUT2D eigenvalue weighted by atomic mass is 10.1. The fraction of sp³-hybridized carbons (Fsp3) is 0.600. The summed E-state index contributed by atoms with van der Waals surface area (Å²) in [5, 5.41) is 7.67. The summed E-state index contributed by atoms with van der Waals surface area (Å²) in [6.07, 6.45) is 7.22. The molecule has 1 heterocycles. The fourth-order valence-corrected chi connectivity index (χ4v) is 3.56. The molecule has 1 saturated carbocycles. The van der Waals surface area contributed by atoms with Crippen LogP contribution in [0.4, 0.5) is 4.79 Å². The minimum absolute atomic E-state index is 0.0194. The van der Waals surface area contributed by atoms with Gasteiger partial charge in [0, 0.05) is 10.9 Å². The van der Waals surface area contributed by atoms with Gasteiger partial charge in [-0.3, -0.25) is 4.79 Å². The van der Waals surface area contributed by atoms with Gasteiger partial charge < -0.3 is 16.4 Å². The lowest BCUT2D eigenvalue weighted by Crippen LogP contribution is -2.39. The third-order valence-corrected chi connectivity index (χ3v) is 4.80. The number of nitrogens with one attached hydrogen (secondary N) is 2. The van der Waals surface area contributed by atoms with Gasteiger partial charge in [0.2, 0.25) is 5.91 Å². The number of nitrogens with two attached hydrogens (primary N) is 1. The molecular formula is C15H23N3O2S. The Kier molecular flexibility index (Phi) is 6.04. The van der Waals surface area contributed by atoms with Gasteiger partial charge in [-0.1, -0.05) is 31.7 Å². The molecule has 4 N–H and O–H groups in total. The second-order valence-electron chi connectivity index (χ2n) is 5.54. The van der Waals surface area contributed by atoms with E-state index < -0.39 is 6.03 Å². The maximum absolute atomic E-state index is 12.2. The van der Waals surface area contributed by atoms with Crippen molar-refractivity contribution in [3.63, 3.8) is 0 Å². The van der Waals surface area contributed by atoms with Crippen molar-refractivity contribution in [3.05, 3.63) is 22.4 Å². The molecule has 1 aromatic heterocycles. The summed E-state index contributed by atoms with van der Waals surface area (Å²) >= 11 is 1.51. The number of carbonyl (C=O) groups excluding carboxylic acids is 2. The molecule has 0 aromatic carbocycles. The summed E-state index contributed by atoms with van der Waals surface area (Å²) in [6.45, 7) is 0. The molecule has 116 valence electrons. The van der Waals surface area contributed by atoms with Gasteiger partial charge in [-0.15, -0.1) is 11.3 Å². The third-order valence-electron chi connectivity index (χ3n) is 3.81. The molecule has 0 aliphatic heterocycles. The van der Waals surface area contributed by atoms with E-state index in [1.54, 1.807) is 0 Å². The normalized spacial score (nSPS) is 17.7. The van der Waals surface area contributed by atoms with Gasteiger partial charge in [-0.25, -0.2) is 4.79 Å². The minimum Gasteiger partial charge on any atom is -0.353 e. The van der Waals surface area contributed by atoms with E-state index in [0.717, 1.165) is 17.7 Å². The first-order valence-electron chi connectivity index (χ1n) is 7.54. The summed E-state index contributed by atoms with van der Waals surface area (Å²) in [5.41, 5.74) is 5.20. The molecule has 3 amide bonds. The molecule has 1 aliphatic rings. The van der Waals surface area contributed by atoms with E-state index in [1.807, 2.05) is 17.5 Å². The monoisotopic (exact) mass is 309 g/mol. The summed E-state index contributed by atoms with van der Waals surface area (Å²) in [5.74, 6) is -0.0194. The van der Waals surface area contributed by atoms with Crippen molar-refractivity contribution in [1.29, 1.82) is 0 Å². The van der Waals surface area contributed by atoms with Crippen LogP contribution in [0.3, 0.4) is 0 Å². The molecule has 0 saturated heterocycles. The van der Waals surface area contributed by atoms with E-state index in [9.17, 15) is 9.59 Å². The Morgan fingerprint density at radius 2 is 2.00 bits per heavy atom. The van der Waals surface area contributed by atoms with Crippen molar-refractivity contribution >= 4 is 23.3 Å². The maximum atomic E-state index is 12.2. The van der Waals surface area contributed by atoms with Crippen LogP contribution in [0.15, 0.2) is 17.5 Å². The van der Waals surface area contributed by atoms with Crippen molar-refractivity contribution in [1.82, 2.24) is 10.6 Å². The average Bonchev–Trinajstić information content (AvgIpc) is 2.84. The Morgan fingerprint density at radius 3 is 2.57 bits per heavy atom. The van der Waals surface area contributed by atoms with Crippen LogP contribution in [0.25, 0.3) is 0 Å². The van der Waals surface area contributed by atoms with Gasteiger partial charge in [0.1, 0.15) is 0 Å². The first kappa shape index (κ1) is 15.8. The molecule has 2 rings (SSSR count). The number of primary amides is 1. The van der Waals surface area contributed by atoms with Crippen molar-refractivity contribution in [3.8, 4) is 0 Å². The second kappa shape index (κ2) is 8.02. The molecule has 0 spiro atoms. The summed E-state index contributed by atoms with van der Waals surface area (Å²) in [6, 6.07) is 3.14. The number of thiophene rings is 1. The molecule has 6 heteroatoms. The van der Waals surface area contributed by atoms with Crippen molar-refractivity contribution in [2.24, 2.45) is 5.73 Å². The van der Waals surface area contributed by atoms with Gasteiger partial charge >= 0.3 is 6.03 Å². The van der Waals surface area contributed by atoms with E-state index in [2.05, 4.69) is 10.6 Å². The summed E-state index contributed by atoms with van der Waals surface area (Å²) in [7, 11) is 0. The highest BCUT2D eigenvalue weighted by molar-refractivity contribution is 7.10. The zero-order valence-electron chi connectivity index (χ0n) is 12.1. The molecule has 1 fully saturated rings. The molecule has 0 bridgehead atoms. The number of amides is 3. The number of hydrogen-bond donors (Lipinski definition) is 3. The third kappa shape index (κ3) is 5.38. The van der Waals surface area contributed by atoms with Crippen LogP contribution in [0.5, 0.6) is 0 Å². The van der Waals surface area contributed by atoms with Crippen molar-refractivity contribution < 1.29 is 9.59 Å². The lowest BCUT2D eigenvalue weighted by molar-refractivity contribution is -0.122. The van der Waals surface area contributed by atoms with E-state index in [-0.39, 0.29) is 24.4 Å². The number of carbonyl (C=O) groups is 2. The van der Waals surface area contributed by atoms with Gasteiger partial charge in [-0.05, 0) is 24.3 Å². The number of hydrogen-bond acceptors (Lipinski definition) is 3. The molecule has 1 atom stereocenters. The Morgan fingerprint density at radius 1 is 1.29 bits per heavy atom. The van der Waals surface area contributed by atoms with E-state index in [4.69, 9.17) is 5.73 Å². The highest BCUT2D eigenvalue weighted by atomic mass is 32.1. The molecule has 0 unspecified atom stereocenters. The minimum atomic E-state index is -0.601. The van der Waals surface area contributed by atoms with E-state index in [1.165, 1.54) is 37.0 Å². The number of rotatable bonds is 5. The van der Waals surface area contributed by atoms with Crippen LogP contribution in [0, 0.1) is 0 Å². The predicted octanol–water partition coefficient (Wildman–Crippen LogP) is 2.69. The number of urea groups is 1. The molecule has 1 aromatic rings. The van der Waals surface area contributed by atoms with Crippen molar-refractivity contribution in [2.75, 3.05) is 0 Å². The summed E-state index contributed by atoms with van der Waals surface area (Å²) < 4.78 is 0. The SMILES string of the molecule is NC(=O)N[C@H](CC(=O)NC1CCCCCC1)c1cccs1. The molecular weight excluding hydrogens is 286 g/mol. The Bertz CT molecular complexity index is 453. The van der Waals surface area contributed by atoms with E-state index in [0.29, 0.717) is 0 Å². The van der Waals surface area contributed by atoms with Gasteiger partial charge in [0.25, 0.3) is 0 Å². The van der Waals surface area contributed by atoms with Gasteiger partial charge in [0.05, 0.1) is 12.5 Å². The fourth-order valence-electron chi connectivity index (χ4n) is 2.78. The molecule has 21 heavy (non-hydrogen) atoms. The van der Waals surface area contributed by atoms with Crippen LogP contribution in [-0.2, 0) is 4.79 Å². The lowest BCUT2D eigenvalue weighted by Gasteiger charge is -2.20. The topological polar surface area (TPSA) is 84.2 Å². The smallest absolute Gasteiger partial charge is 0.312 e. The molecule has 5 nitrogen and oxygen atoms in total. The van der Waals surface area contributed by atoms with E-state index >= 15 is 0 Å². The summed E-state index contributed by atoms with van der Waals surface area (Å²) in [4.78, 5) is 24.3. The van der Waals surface area contributed by atoms with Crippen LogP contribution < -0.4 is 16.4 Å². The van der Waals surface area contributed by atoms with Crippen molar-refractivity contribution in [2.45, 2.75) is 57.0 Å². The second-order valence-corrected chi connectivity index (χ2v) is 6.52. The zero-order chi connectivity index (χ0) is 15.1. The Hall–Kier alpha value is -1.56. The highest BCUT2D eigenvalue weighted by Gasteiger charge is 2.21. The molecule has 1 aliphatic carbocycles. The largest absolute Gasteiger partial charge is 0.353 e. The molecule has 0 radical (unpaired) electrons. The quantitative estimate of drug-likeness (QED) is 0.731. The van der Waals surface area contributed by atoms with Crippen LogP contribution in [0.2, 0.25) is 0 Å². The Balaban J connectivity index is 1.89. The first-order valence-corrected chi connectivity index (χ1v) is 8.42. The van der Waals surface area contributed by atoms with Crippen LogP contribution in [-0.4, -0.2) is 18.0 Å². The first-order chi connectivity index (χ1) is 10.1. The van der Waals surface area contributed by atoms with Crippen LogP contribution >= 0.6 is 11.3 Å². The average molecular weight is 309 g/mol. The highest BCUT2D eigenvalue weighted by Crippen LogP contribution is 2.23. The zero-order valence-corrected chi connectivity index (χ0v) is 13.0. The van der Waals surface area contributed by atoms with Gasteiger partial charge in [0.15, 0.2) is 0 Å². The predicted molar refractivity (Wildman–Crippen MR) is 84.0 cm³/mol. The van der Waals surface area contributed by atoms with Crippen LogP contribution in [0.1, 0.15) is 55.9 Å². The standard InChI is InChI=1S/C15H23N3O2S/c16-15(20)18-12(13-8-5-9-21-13)10-14(19)17-11-6-3-1-2-4-7-11/h5,8-9,11-12H,1-4,6-7,10H2,(H,17,19)(H3,16,18,20)/t12-/m1/s1.